The van der Waals surface area contributed by atoms with Gasteiger partial charge in [-0.15, -0.1) is 0 Å². The second-order valence-electron chi connectivity index (χ2n) is 6.77. The summed E-state index contributed by atoms with van der Waals surface area (Å²) in [7, 11) is 0. The van der Waals surface area contributed by atoms with E-state index in [1.54, 1.807) is 53.4 Å². The van der Waals surface area contributed by atoms with Gasteiger partial charge in [0.05, 0.1) is 12.5 Å². The molecule has 2 aromatic rings. The average Bonchev–Trinajstić information content (AvgIpc) is 3.13. The summed E-state index contributed by atoms with van der Waals surface area (Å²) in [6.45, 7) is 2.50. The number of ether oxygens (including phenoxy) is 2. The van der Waals surface area contributed by atoms with Gasteiger partial charge in [0.25, 0.3) is 5.91 Å². The van der Waals surface area contributed by atoms with Crippen molar-refractivity contribution in [1.29, 1.82) is 0 Å². The maximum absolute atomic E-state index is 12.3. The van der Waals surface area contributed by atoms with E-state index in [0.717, 1.165) is 12.2 Å². The van der Waals surface area contributed by atoms with Gasteiger partial charge >= 0.3 is 5.97 Å². The highest BCUT2D eigenvalue weighted by Crippen LogP contribution is 2.27. The van der Waals surface area contributed by atoms with Gasteiger partial charge < -0.3 is 19.7 Å². The van der Waals surface area contributed by atoms with Gasteiger partial charge in [0.15, 0.2) is 6.61 Å². The lowest BCUT2D eigenvalue weighted by atomic mass is 10.1. The number of rotatable bonds is 8. The van der Waals surface area contributed by atoms with Gasteiger partial charge in [-0.2, -0.15) is 0 Å². The highest BCUT2D eigenvalue weighted by molar-refractivity contribution is 6.00. The van der Waals surface area contributed by atoms with Crippen LogP contribution in [0.1, 0.15) is 19.8 Å². The maximum Gasteiger partial charge on any atom is 0.311 e. The normalized spacial score (nSPS) is 15.8. The van der Waals surface area contributed by atoms with Gasteiger partial charge in [-0.05, 0) is 42.8 Å². The molecule has 7 nitrogen and oxygen atoms in total. The third-order valence-corrected chi connectivity index (χ3v) is 4.48. The Hall–Kier alpha value is -3.35. The molecular weight excluding hydrogens is 372 g/mol. The minimum Gasteiger partial charge on any atom is -0.494 e. The van der Waals surface area contributed by atoms with Gasteiger partial charge in [-0.3, -0.25) is 14.4 Å². The summed E-state index contributed by atoms with van der Waals surface area (Å²) < 4.78 is 10.6. The molecule has 1 heterocycles. The zero-order chi connectivity index (χ0) is 20.6. The Labute approximate surface area is 169 Å². The van der Waals surface area contributed by atoms with Crippen molar-refractivity contribution in [2.75, 3.05) is 30.0 Å². The first kappa shape index (κ1) is 20.4. The molecule has 0 unspecified atom stereocenters. The summed E-state index contributed by atoms with van der Waals surface area (Å²) in [5, 5.41) is 2.65. The summed E-state index contributed by atoms with van der Waals surface area (Å²) in [4.78, 5) is 38.1. The van der Waals surface area contributed by atoms with E-state index in [0.29, 0.717) is 18.0 Å². The van der Waals surface area contributed by atoms with Gasteiger partial charge in [-0.25, -0.2) is 0 Å². The Bertz CT molecular complexity index is 851. The minimum absolute atomic E-state index is 0.0627. The number of hydrogen-bond donors (Lipinski definition) is 1. The van der Waals surface area contributed by atoms with Crippen LogP contribution in [0.15, 0.2) is 54.6 Å². The lowest BCUT2D eigenvalue weighted by molar-refractivity contribution is -0.151. The molecule has 1 aliphatic rings. The fraction of sp³-hybridized carbons (Fsp3) is 0.318. The van der Waals surface area contributed by atoms with Crippen LogP contribution >= 0.6 is 0 Å². The van der Waals surface area contributed by atoms with Crippen LogP contribution in [0, 0.1) is 5.92 Å². The first-order chi connectivity index (χ1) is 14.1. The average molecular weight is 396 g/mol. The smallest absolute Gasteiger partial charge is 0.311 e. The molecule has 152 valence electrons. The predicted octanol–water partition coefficient (Wildman–Crippen LogP) is 3.01. The standard InChI is InChI=1S/C22H24N2O5/c1-2-12-28-19-10-8-18(9-11-19)24-14-16(13-21(24)26)22(27)29-15-20(25)23-17-6-4-3-5-7-17/h3-11,16H,2,12-15H2,1H3,(H,23,25)/t16-/m0/s1. The third-order valence-electron chi connectivity index (χ3n) is 4.48. The molecule has 0 radical (unpaired) electrons. The van der Waals surface area contributed by atoms with Crippen molar-refractivity contribution in [3.63, 3.8) is 0 Å². The number of amides is 2. The second kappa shape index (κ2) is 9.73. The van der Waals surface area contributed by atoms with Crippen molar-refractivity contribution in [3.8, 4) is 5.75 Å². The van der Waals surface area contributed by atoms with Crippen LogP contribution in [0.3, 0.4) is 0 Å². The Kier molecular flexibility index (Phi) is 6.84. The molecule has 0 aliphatic carbocycles. The monoisotopic (exact) mass is 396 g/mol. The van der Waals surface area contributed by atoms with Crippen LogP contribution in [0.25, 0.3) is 0 Å². The number of hydrogen-bond acceptors (Lipinski definition) is 5. The Morgan fingerprint density at radius 1 is 1.10 bits per heavy atom. The van der Waals surface area contributed by atoms with E-state index in [2.05, 4.69) is 5.32 Å². The molecule has 0 saturated carbocycles. The van der Waals surface area contributed by atoms with Crippen molar-refractivity contribution < 1.29 is 23.9 Å². The van der Waals surface area contributed by atoms with E-state index in [9.17, 15) is 14.4 Å². The number of nitrogens with one attached hydrogen (secondary N) is 1. The van der Waals surface area contributed by atoms with Crippen LogP contribution < -0.4 is 15.0 Å². The largest absolute Gasteiger partial charge is 0.494 e. The molecule has 2 amide bonds. The molecule has 0 aromatic heterocycles. The number of carbonyl (C=O) groups excluding carboxylic acids is 3. The van der Waals surface area contributed by atoms with Crippen molar-refractivity contribution in [3.05, 3.63) is 54.6 Å². The molecule has 7 heteroatoms. The molecular formula is C22H24N2O5. The molecule has 1 N–H and O–H groups in total. The number of carbonyl (C=O) groups is 3. The SMILES string of the molecule is CCCOc1ccc(N2C[C@@H](C(=O)OCC(=O)Nc3ccccc3)CC2=O)cc1. The van der Waals surface area contributed by atoms with Crippen LogP contribution in [0.4, 0.5) is 11.4 Å². The van der Waals surface area contributed by atoms with E-state index in [4.69, 9.17) is 9.47 Å². The van der Waals surface area contributed by atoms with Crippen LogP contribution in [0.2, 0.25) is 0 Å². The number of benzene rings is 2. The highest BCUT2D eigenvalue weighted by atomic mass is 16.5. The molecule has 1 atom stereocenters. The number of esters is 1. The molecule has 2 aromatic carbocycles. The summed E-state index contributed by atoms with van der Waals surface area (Å²) >= 11 is 0. The topological polar surface area (TPSA) is 84.9 Å². The minimum atomic E-state index is -0.594. The van der Waals surface area contributed by atoms with E-state index in [-0.39, 0.29) is 25.5 Å². The third kappa shape index (κ3) is 5.57. The van der Waals surface area contributed by atoms with Crippen molar-refractivity contribution in [2.45, 2.75) is 19.8 Å². The van der Waals surface area contributed by atoms with Gasteiger partial charge in [0, 0.05) is 24.3 Å². The van der Waals surface area contributed by atoms with Crippen LogP contribution in [-0.4, -0.2) is 37.5 Å². The van der Waals surface area contributed by atoms with Crippen LogP contribution in [0.5, 0.6) is 5.75 Å². The first-order valence-corrected chi connectivity index (χ1v) is 9.61. The quantitative estimate of drug-likeness (QED) is 0.694. The number of nitrogens with zero attached hydrogens (tertiary/aromatic N) is 1. The zero-order valence-electron chi connectivity index (χ0n) is 16.3. The molecule has 1 saturated heterocycles. The zero-order valence-corrected chi connectivity index (χ0v) is 16.3. The van der Waals surface area contributed by atoms with Gasteiger partial charge in [0.1, 0.15) is 5.75 Å². The lowest BCUT2D eigenvalue weighted by Crippen LogP contribution is -2.28. The van der Waals surface area contributed by atoms with Gasteiger partial charge in [-0.1, -0.05) is 25.1 Å². The predicted molar refractivity (Wildman–Crippen MR) is 109 cm³/mol. The Balaban J connectivity index is 1.50. The van der Waals surface area contributed by atoms with Gasteiger partial charge in [0.2, 0.25) is 5.91 Å². The summed E-state index contributed by atoms with van der Waals surface area (Å²) in [5.74, 6) is -0.978. The summed E-state index contributed by atoms with van der Waals surface area (Å²) in [6.07, 6.45) is 0.979. The molecule has 0 bridgehead atoms. The fourth-order valence-electron chi connectivity index (χ4n) is 3.03. The van der Waals surface area contributed by atoms with E-state index < -0.39 is 17.8 Å². The van der Waals surface area contributed by atoms with Crippen LogP contribution in [-0.2, 0) is 19.1 Å². The number of anilines is 2. The van der Waals surface area contributed by atoms with Crippen molar-refractivity contribution in [2.24, 2.45) is 5.92 Å². The molecule has 1 aliphatic heterocycles. The Morgan fingerprint density at radius 2 is 1.83 bits per heavy atom. The first-order valence-electron chi connectivity index (χ1n) is 9.61. The van der Waals surface area contributed by atoms with Crippen molar-refractivity contribution >= 4 is 29.2 Å². The summed E-state index contributed by atoms with van der Waals surface area (Å²) in [5.41, 5.74) is 1.33. The molecule has 3 rings (SSSR count). The highest BCUT2D eigenvalue weighted by Gasteiger charge is 2.36. The van der Waals surface area contributed by atoms with Crippen molar-refractivity contribution in [1.82, 2.24) is 0 Å². The van der Waals surface area contributed by atoms with E-state index in [1.165, 1.54) is 0 Å². The maximum atomic E-state index is 12.3. The second-order valence-corrected chi connectivity index (χ2v) is 6.77. The molecule has 0 spiro atoms. The fourth-order valence-corrected chi connectivity index (χ4v) is 3.03. The lowest BCUT2D eigenvalue weighted by Gasteiger charge is -2.17. The summed E-state index contributed by atoms with van der Waals surface area (Å²) in [6, 6.07) is 16.1. The number of para-hydroxylation sites is 1. The molecule has 1 fully saturated rings. The van der Waals surface area contributed by atoms with E-state index in [1.807, 2.05) is 13.0 Å². The van der Waals surface area contributed by atoms with E-state index >= 15 is 0 Å². The Morgan fingerprint density at radius 3 is 2.52 bits per heavy atom. The molecule has 29 heavy (non-hydrogen) atoms.